The molecule has 9 heteroatoms. The van der Waals surface area contributed by atoms with Gasteiger partial charge < -0.3 is 16.1 Å². The Hall–Kier alpha value is -2.61. The monoisotopic (exact) mass is 389 g/mol. The highest BCUT2D eigenvalue weighted by Gasteiger charge is 2.09. The lowest BCUT2D eigenvalue weighted by atomic mass is 10.2. The average Bonchev–Trinajstić information content (AvgIpc) is 3.18. The first-order chi connectivity index (χ1) is 12.7. The Morgan fingerprint density at radius 3 is 2.50 bits per heavy atom. The lowest BCUT2D eigenvalue weighted by Crippen LogP contribution is -2.26. The summed E-state index contributed by atoms with van der Waals surface area (Å²) < 4.78 is 0. The molecular formula is C17H17Cl2N7. The molecule has 0 spiro atoms. The van der Waals surface area contributed by atoms with Crippen molar-refractivity contribution in [2.45, 2.75) is 0 Å². The molecule has 1 aromatic heterocycles. The predicted octanol–water partition coefficient (Wildman–Crippen LogP) is 3.28. The molecule has 0 amide bonds. The minimum absolute atomic E-state index is 0.592. The Morgan fingerprint density at radius 1 is 1.04 bits per heavy atom. The Morgan fingerprint density at radius 2 is 1.81 bits per heavy atom. The summed E-state index contributed by atoms with van der Waals surface area (Å²) in [5, 5.41) is 17.0. The SMILES string of the molecule is Clc1cccc(Cl)c1NC1=NCCN1.NNc1nncc2ccccc12. The van der Waals surface area contributed by atoms with Crippen LogP contribution in [-0.2, 0) is 0 Å². The van der Waals surface area contributed by atoms with Crippen LogP contribution < -0.4 is 21.9 Å². The second-order valence-corrected chi connectivity index (χ2v) is 6.12. The summed E-state index contributed by atoms with van der Waals surface area (Å²) in [6.07, 6.45) is 1.70. The molecule has 1 aliphatic heterocycles. The third-order valence-electron chi connectivity index (χ3n) is 3.59. The lowest BCUT2D eigenvalue weighted by molar-refractivity contribution is 0.959. The number of nitrogens with zero attached hydrogens (tertiary/aromatic N) is 3. The number of hydrazine groups is 1. The van der Waals surface area contributed by atoms with E-state index in [-0.39, 0.29) is 0 Å². The van der Waals surface area contributed by atoms with Gasteiger partial charge >= 0.3 is 0 Å². The number of rotatable bonds is 2. The van der Waals surface area contributed by atoms with Gasteiger partial charge in [-0.3, -0.25) is 4.99 Å². The van der Waals surface area contributed by atoms with E-state index in [1.165, 1.54) is 0 Å². The maximum absolute atomic E-state index is 5.98. The second-order valence-electron chi connectivity index (χ2n) is 5.30. The van der Waals surface area contributed by atoms with Gasteiger partial charge in [0.2, 0.25) is 0 Å². The van der Waals surface area contributed by atoms with E-state index in [4.69, 9.17) is 29.0 Å². The van der Waals surface area contributed by atoms with Gasteiger partial charge in [-0.2, -0.15) is 5.10 Å². The number of halogens is 2. The van der Waals surface area contributed by atoms with Gasteiger partial charge in [0.15, 0.2) is 11.8 Å². The molecule has 0 saturated carbocycles. The van der Waals surface area contributed by atoms with Crippen LogP contribution in [0.1, 0.15) is 0 Å². The molecule has 0 bridgehead atoms. The Balaban J connectivity index is 0.000000152. The van der Waals surface area contributed by atoms with Crippen molar-refractivity contribution < 1.29 is 0 Å². The van der Waals surface area contributed by atoms with Gasteiger partial charge in [0.1, 0.15) is 0 Å². The number of nitrogen functional groups attached to an aromatic ring is 1. The number of anilines is 2. The minimum atomic E-state index is 0.592. The van der Waals surface area contributed by atoms with Gasteiger partial charge in [-0.1, -0.05) is 53.5 Å². The molecule has 0 saturated heterocycles. The molecule has 4 rings (SSSR count). The van der Waals surface area contributed by atoms with E-state index in [0.29, 0.717) is 21.6 Å². The van der Waals surface area contributed by atoms with E-state index < -0.39 is 0 Å². The highest BCUT2D eigenvalue weighted by atomic mass is 35.5. The zero-order chi connectivity index (χ0) is 18.4. The molecule has 7 nitrogen and oxygen atoms in total. The summed E-state index contributed by atoms with van der Waals surface area (Å²) >= 11 is 12.0. The van der Waals surface area contributed by atoms with Crippen molar-refractivity contribution >= 4 is 51.4 Å². The predicted molar refractivity (Wildman–Crippen MR) is 108 cm³/mol. The summed E-state index contributed by atoms with van der Waals surface area (Å²) in [5.41, 5.74) is 3.19. The number of nitrogens with one attached hydrogen (secondary N) is 3. The number of nitrogens with two attached hydrogens (primary N) is 1. The topological polar surface area (TPSA) is 100 Å². The zero-order valence-electron chi connectivity index (χ0n) is 13.7. The van der Waals surface area contributed by atoms with Crippen molar-refractivity contribution in [3.05, 3.63) is 58.7 Å². The van der Waals surface area contributed by atoms with Crippen LogP contribution in [0.2, 0.25) is 10.0 Å². The fourth-order valence-corrected chi connectivity index (χ4v) is 2.84. The maximum Gasteiger partial charge on any atom is 0.196 e. The van der Waals surface area contributed by atoms with Crippen LogP contribution in [0.15, 0.2) is 53.7 Å². The van der Waals surface area contributed by atoms with E-state index in [2.05, 4.69) is 31.2 Å². The normalized spacial score (nSPS) is 12.7. The molecule has 1 aliphatic rings. The number of aliphatic imine (C=N–C) groups is 1. The fraction of sp³-hybridized carbons (Fsp3) is 0.118. The summed E-state index contributed by atoms with van der Waals surface area (Å²) in [5.74, 6) is 6.59. The van der Waals surface area contributed by atoms with Crippen LogP contribution in [-0.4, -0.2) is 29.2 Å². The summed E-state index contributed by atoms with van der Waals surface area (Å²) in [6, 6.07) is 13.2. The van der Waals surface area contributed by atoms with Gasteiger partial charge in [0.05, 0.1) is 28.5 Å². The average molecular weight is 390 g/mol. The van der Waals surface area contributed by atoms with Crippen LogP contribution in [0.25, 0.3) is 10.8 Å². The number of hydrogen-bond donors (Lipinski definition) is 4. The van der Waals surface area contributed by atoms with Crippen molar-refractivity contribution in [1.29, 1.82) is 0 Å². The van der Waals surface area contributed by atoms with Crippen LogP contribution in [0.5, 0.6) is 0 Å². The van der Waals surface area contributed by atoms with Crippen molar-refractivity contribution in [2.75, 3.05) is 23.8 Å². The highest BCUT2D eigenvalue weighted by molar-refractivity contribution is 6.39. The van der Waals surface area contributed by atoms with Gasteiger partial charge in [0.25, 0.3) is 0 Å². The Labute approximate surface area is 160 Å². The molecule has 0 fully saturated rings. The van der Waals surface area contributed by atoms with E-state index in [1.54, 1.807) is 24.4 Å². The van der Waals surface area contributed by atoms with Crippen LogP contribution >= 0.6 is 23.2 Å². The first-order valence-corrected chi connectivity index (χ1v) is 8.61. The van der Waals surface area contributed by atoms with Crippen molar-refractivity contribution in [2.24, 2.45) is 10.8 Å². The van der Waals surface area contributed by atoms with E-state index in [1.807, 2.05) is 24.3 Å². The zero-order valence-corrected chi connectivity index (χ0v) is 15.2. The maximum atomic E-state index is 5.98. The number of hydrogen-bond acceptors (Lipinski definition) is 7. The molecule has 26 heavy (non-hydrogen) atoms. The summed E-state index contributed by atoms with van der Waals surface area (Å²) in [6.45, 7) is 1.63. The Bertz CT molecular complexity index is 904. The van der Waals surface area contributed by atoms with Gasteiger partial charge in [-0.15, -0.1) is 5.10 Å². The van der Waals surface area contributed by atoms with Gasteiger partial charge in [-0.25, -0.2) is 5.84 Å². The number of fused-ring (bicyclic) bond motifs is 1. The van der Waals surface area contributed by atoms with Crippen LogP contribution in [0.4, 0.5) is 11.5 Å². The largest absolute Gasteiger partial charge is 0.354 e. The quantitative estimate of drug-likeness (QED) is 0.396. The first-order valence-electron chi connectivity index (χ1n) is 7.85. The molecule has 134 valence electrons. The van der Waals surface area contributed by atoms with E-state index >= 15 is 0 Å². The standard InChI is InChI=1S/C9H9Cl2N3.C8H8N4/c10-6-2-1-3-7(11)8(6)14-9-12-4-5-13-9;9-11-8-7-4-2-1-3-6(7)5-10-12-8/h1-3H,4-5H2,(H2,12,13,14);1-5H,9H2,(H,11,12). The number of guanidine groups is 1. The third kappa shape index (κ3) is 4.32. The Kier molecular flexibility index (Phi) is 6.06. The number of para-hydroxylation sites is 1. The molecule has 0 unspecified atom stereocenters. The molecule has 3 aromatic rings. The van der Waals surface area contributed by atoms with Crippen molar-refractivity contribution in [3.63, 3.8) is 0 Å². The highest BCUT2D eigenvalue weighted by Crippen LogP contribution is 2.29. The van der Waals surface area contributed by atoms with Crippen molar-refractivity contribution in [3.8, 4) is 0 Å². The molecule has 0 radical (unpaired) electrons. The molecule has 5 N–H and O–H groups in total. The molecular weight excluding hydrogens is 373 g/mol. The van der Waals surface area contributed by atoms with Gasteiger partial charge in [-0.05, 0) is 12.1 Å². The smallest absolute Gasteiger partial charge is 0.196 e. The third-order valence-corrected chi connectivity index (χ3v) is 4.22. The molecule has 2 aromatic carbocycles. The second kappa shape index (κ2) is 8.66. The van der Waals surface area contributed by atoms with Crippen LogP contribution in [0, 0.1) is 0 Å². The lowest BCUT2D eigenvalue weighted by Gasteiger charge is -2.09. The number of benzene rings is 2. The van der Waals surface area contributed by atoms with Crippen LogP contribution in [0.3, 0.4) is 0 Å². The number of aromatic nitrogens is 2. The summed E-state index contributed by atoms with van der Waals surface area (Å²) in [4.78, 5) is 4.19. The van der Waals surface area contributed by atoms with Gasteiger partial charge in [0, 0.05) is 17.3 Å². The minimum Gasteiger partial charge on any atom is -0.354 e. The first kappa shape index (κ1) is 18.2. The summed E-state index contributed by atoms with van der Waals surface area (Å²) in [7, 11) is 0. The van der Waals surface area contributed by atoms with E-state index in [9.17, 15) is 0 Å². The fourth-order valence-electron chi connectivity index (χ4n) is 2.35. The molecule has 2 heterocycles. The molecule has 0 aliphatic carbocycles. The van der Waals surface area contributed by atoms with E-state index in [0.717, 1.165) is 29.8 Å². The molecule has 0 atom stereocenters. The van der Waals surface area contributed by atoms with Crippen molar-refractivity contribution in [1.82, 2.24) is 15.5 Å².